The molecule has 0 aromatic rings. The molecule has 0 aromatic heterocycles. The molecule has 0 radical (unpaired) electrons. The van der Waals surface area contributed by atoms with Gasteiger partial charge in [-0.3, -0.25) is 0 Å². The fourth-order valence-corrected chi connectivity index (χ4v) is 8.97. The van der Waals surface area contributed by atoms with Gasteiger partial charge in [-0.2, -0.15) is 0 Å². The minimum atomic E-state index is -1.03. The van der Waals surface area contributed by atoms with Crippen LogP contribution in [0.2, 0.25) is 0 Å². The van der Waals surface area contributed by atoms with Crippen molar-refractivity contribution in [3.8, 4) is 11.8 Å². The van der Waals surface area contributed by atoms with Crippen LogP contribution in [-0.4, -0.2) is 44.3 Å². The maximum atomic E-state index is 11.8. The third-order valence-electron chi connectivity index (χ3n) is 10.6. The van der Waals surface area contributed by atoms with Crippen LogP contribution in [0, 0.1) is 58.2 Å². The maximum Gasteiger partial charge on any atom is 0.133 e. The van der Waals surface area contributed by atoms with Gasteiger partial charge in [0.25, 0.3) is 0 Å². The molecular formula is C24H36O4. The Bertz CT molecular complexity index is 741. The summed E-state index contributed by atoms with van der Waals surface area (Å²) in [6, 6.07) is 0. The van der Waals surface area contributed by atoms with Crippen LogP contribution < -0.4 is 0 Å². The fourth-order valence-electron chi connectivity index (χ4n) is 8.97. The van der Waals surface area contributed by atoms with Gasteiger partial charge in [0.15, 0.2) is 0 Å². The lowest BCUT2D eigenvalue weighted by molar-refractivity contribution is -0.230. The Labute approximate surface area is 168 Å². The highest BCUT2D eigenvalue weighted by atomic mass is 16.3. The minimum Gasteiger partial charge on any atom is -0.393 e. The Morgan fingerprint density at radius 1 is 0.964 bits per heavy atom. The van der Waals surface area contributed by atoms with E-state index in [-0.39, 0.29) is 29.5 Å². The number of hydrogen-bond acceptors (Lipinski definition) is 4. The van der Waals surface area contributed by atoms with Gasteiger partial charge < -0.3 is 20.4 Å². The molecule has 4 heteroatoms. The summed E-state index contributed by atoms with van der Waals surface area (Å²) in [5.41, 5.74) is -2.13. The topological polar surface area (TPSA) is 80.9 Å². The number of rotatable bonds is 0. The van der Waals surface area contributed by atoms with Crippen LogP contribution in [0.15, 0.2) is 0 Å². The van der Waals surface area contributed by atoms with Gasteiger partial charge in [0.1, 0.15) is 12.2 Å². The van der Waals surface area contributed by atoms with E-state index in [1.54, 1.807) is 0 Å². The van der Waals surface area contributed by atoms with E-state index in [0.29, 0.717) is 36.0 Å². The molecule has 8 unspecified atom stereocenters. The lowest BCUT2D eigenvalue weighted by atomic mass is 9.43. The predicted molar refractivity (Wildman–Crippen MR) is 106 cm³/mol. The second kappa shape index (κ2) is 5.76. The van der Waals surface area contributed by atoms with E-state index in [1.807, 2.05) is 0 Å². The van der Waals surface area contributed by atoms with Crippen molar-refractivity contribution in [1.29, 1.82) is 0 Å². The lowest BCUT2D eigenvalue weighted by Crippen LogP contribution is -2.65. The monoisotopic (exact) mass is 388 g/mol. The normalized spacial score (nSPS) is 61.9. The molecule has 0 bridgehead atoms. The summed E-state index contributed by atoms with van der Waals surface area (Å²) >= 11 is 0. The molecule has 0 heterocycles. The van der Waals surface area contributed by atoms with Gasteiger partial charge in [0.2, 0.25) is 0 Å². The number of aliphatic hydroxyl groups excluding tert-OH is 2. The molecule has 5 saturated carbocycles. The van der Waals surface area contributed by atoms with Gasteiger partial charge in [-0.15, -0.1) is 0 Å². The van der Waals surface area contributed by atoms with E-state index in [4.69, 9.17) is 0 Å². The summed E-state index contributed by atoms with van der Waals surface area (Å²) in [6.07, 6.45) is 5.87. The first-order chi connectivity index (χ1) is 13.1. The Hall–Kier alpha value is -0.600. The van der Waals surface area contributed by atoms with Gasteiger partial charge in [0.05, 0.1) is 11.7 Å². The van der Waals surface area contributed by atoms with Gasteiger partial charge in [0, 0.05) is 11.8 Å². The first-order valence-corrected chi connectivity index (χ1v) is 11.4. The lowest BCUT2D eigenvalue weighted by Gasteiger charge is -2.64. The molecule has 0 aliphatic heterocycles. The molecule has 5 aliphatic rings. The smallest absolute Gasteiger partial charge is 0.133 e. The summed E-state index contributed by atoms with van der Waals surface area (Å²) in [5, 5.41) is 43.0. The molecule has 28 heavy (non-hydrogen) atoms. The zero-order valence-corrected chi connectivity index (χ0v) is 17.5. The number of aliphatic hydroxyl groups is 4. The second-order valence-corrected chi connectivity index (χ2v) is 11.4. The molecule has 4 N–H and O–H groups in total. The summed E-state index contributed by atoms with van der Waals surface area (Å²) in [6.45, 7) is 6.44. The average molecular weight is 389 g/mol. The molecule has 0 saturated heterocycles. The highest BCUT2D eigenvalue weighted by Gasteiger charge is 2.76. The standard InChI is InChI=1S/C24H36O4/c1-14-11-19-20-16-12-18(16)24(28)13-15(26)5-8-21(24,2)17(20)6-9-22(19,3)23(14,27)7-4-10-25/h14-20,25-28H,5-6,8-13H2,1-3H3/t14-,15?,16+,17?,18?,19?,20?,21?,22?,23+,24?/m1/s1. The van der Waals surface area contributed by atoms with Crippen LogP contribution in [-0.2, 0) is 0 Å². The van der Waals surface area contributed by atoms with E-state index in [1.165, 1.54) is 0 Å². The van der Waals surface area contributed by atoms with E-state index >= 15 is 0 Å². The average Bonchev–Trinajstić information content (AvgIpc) is 3.41. The predicted octanol–water partition coefficient (Wildman–Crippen LogP) is 2.33. The van der Waals surface area contributed by atoms with Crippen LogP contribution >= 0.6 is 0 Å². The van der Waals surface area contributed by atoms with Gasteiger partial charge in [-0.25, -0.2) is 0 Å². The van der Waals surface area contributed by atoms with Gasteiger partial charge in [-0.05, 0) is 79.4 Å². The van der Waals surface area contributed by atoms with Crippen molar-refractivity contribution in [2.45, 2.75) is 83.0 Å². The van der Waals surface area contributed by atoms with Crippen molar-refractivity contribution < 1.29 is 20.4 Å². The molecule has 5 rings (SSSR count). The van der Waals surface area contributed by atoms with E-state index in [0.717, 1.165) is 38.5 Å². The van der Waals surface area contributed by atoms with Crippen molar-refractivity contribution >= 4 is 0 Å². The second-order valence-electron chi connectivity index (χ2n) is 11.4. The molecule has 0 amide bonds. The minimum absolute atomic E-state index is 0.0966. The molecule has 0 aromatic carbocycles. The SMILES string of the molecule is C[C@@H]1CC2C3C(CCC2(C)[C@]1(O)C#CCO)C1(C)CCC(O)CC1(O)C1C[C@H]31. The van der Waals surface area contributed by atoms with Crippen LogP contribution in [0.25, 0.3) is 0 Å². The third-order valence-corrected chi connectivity index (χ3v) is 10.6. The molecule has 5 fully saturated rings. The van der Waals surface area contributed by atoms with Gasteiger partial charge in [-0.1, -0.05) is 32.6 Å². The molecule has 5 aliphatic carbocycles. The third kappa shape index (κ3) is 2.07. The van der Waals surface area contributed by atoms with Gasteiger partial charge >= 0.3 is 0 Å². The first kappa shape index (κ1) is 19.4. The van der Waals surface area contributed by atoms with Crippen LogP contribution in [0.3, 0.4) is 0 Å². The Morgan fingerprint density at radius 3 is 2.39 bits per heavy atom. The Morgan fingerprint density at radius 2 is 1.68 bits per heavy atom. The summed E-state index contributed by atoms with van der Waals surface area (Å²) < 4.78 is 0. The summed E-state index contributed by atoms with van der Waals surface area (Å²) in [7, 11) is 0. The van der Waals surface area contributed by atoms with E-state index < -0.39 is 11.2 Å². The summed E-state index contributed by atoms with van der Waals surface area (Å²) in [5.74, 6) is 8.19. The Kier molecular flexibility index (Phi) is 3.98. The highest BCUT2D eigenvalue weighted by molar-refractivity contribution is 5.31. The fraction of sp³-hybridized carbons (Fsp3) is 0.917. The molecule has 11 atom stereocenters. The van der Waals surface area contributed by atoms with Crippen LogP contribution in [0.4, 0.5) is 0 Å². The largest absolute Gasteiger partial charge is 0.393 e. The number of fused-ring (bicyclic) bond motifs is 8. The van der Waals surface area contributed by atoms with Crippen molar-refractivity contribution in [3.63, 3.8) is 0 Å². The molecule has 156 valence electrons. The maximum absolute atomic E-state index is 11.8. The number of hydrogen-bond donors (Lipinski definition) is 4. The van der Waals surface area contributed by atoms with E-state index in [2.05, 4.69) is 32.6 Å². The summed E-state index contributed by atoms with van der Waals surface area (Å²) in [4.78, 5) is 0. The zero-order valence-electron chi connectivity index (χ0n) is 17.5. The highest BCUT2D eigenvalue weighted by Crippen LogP contribution is 2.77. The van der Waals surface area contributed by atoms with Crippen LogP contribution in [0.1, 0.15) is 65.7 Å². The molecule has 4 nitrogen and oxygen atoms in total. The zero-order chi connectivity index (χ0) is 20.1. The van der Waals surface area contributed by atoms with Crippen molar-refractivity contribution in [2.24, 2.45) is 46.3 Å². The molecule has 0 spiro atoms. The van der Waals surface area contributed by atoms with Crippen molar-refractivity contribution in [3.05, 3.63) is 0 Å². The molecular weight excluding hydrogens is 352 g/mol. The van der Waals surface area contributed by atoms with E-state index in [9.17, 15) is 20.4 Å². The van der Waals surface area contributed by atoms with Crippen molar-refractivity contribution in [1.82, 2.24) is 0 Å². The first-order valence-electron chi connectivity index (χ1n) is 11.4. The Balaban J connectivity index is 1.54. The quantitative estimate of drug-likeness (QED) is 0.480. The van der Waals surface area contributed by atoms with Crippen LogP contribution in [0.5, 0.6) is 0 Å². The van der Waals surface area contributed by atoms with Crippen molar-refractivity contribution in [2.75, 3.05) is 6.61 Å².